The van der Waals surface area contributed by atoms with E-state index in [1.807, 2.05) is 41.4 Å². The minimum Gasteiger partial charge on any atom is -0.352 e. The number of piperazine rings is 1. The van der Waals surface area contributed by atoms with Crippen LogP contribution in [-0.4, -0.2) is 49.4 Å². The van der Waals surface area contributed by atoms with Gasteiger partial charge in [-0.1, -0.05) is 22.0 Å². The Morgan fingerprint density at radius 1 is 1.04 bits per heavy atom. The Morgan fingerprint density at radius 3 is 2.42 bits per heavy atom. The van der Waals surface area contributed by atoms with Gasteiger partial charge in [-0.2, -0.15) is 0 Å². The number of aromatic nitrogens is 1. The molecule has 1 fully saturated rings. The summed E-state index contributed by atoms with van der Waals surface area (Å²) < 4.78 is 0.927. The molecule has 1 saturated heterocycles. The molecule has 2 aromatic rings. The zero-order valence-corrected chi connectivity index (χ0v) is 16.0. The molecule has 7 heteroatoms. The first kappa shape index (κ1) is 18.4. The van der Waals surface area contributed by atoms with Crippen molar-refractivity contribution in [1.82, 2.24) is 10.2 Å². The van der Waals surface area contributed by atoms with Gasteiger partial charge in [0.15, 0.2) is 0 Å². The van der Waals surface area contributed by atoms with Gasteiger partial charge in [-0.3, -0.25) is 14.5 Å². The molecule has 0 saturated carbocycles. The summed E-state index contributed by atoms with van der Waals surface area (Å²) in [6, 6.07) is 13.1. The quantitative estimate of drug-likeness (QED) is 0.805. The maximum atomic E-state index is 12.3. The Bertz CT molecular complexity index is 744. The fraction of sp³-hybridized carbons (Fsp3) is 0.316. The van der Waals surface area contributed by atoms with Crippen molar-refractivity contribution in [2.45, 2.75) is 6.42 Å². The summed E-state index contributed by atoms with van der Waals surface area (Å²) in [5.41, 5.74) is 0.591. The molecule has 0 aliphatic carbocycles. The Hall–Kier alpha value is -2.41. The average Bonchev–Trinajstić information content (AvgIpc) is 2.69. The molecule has 1 aliphatic heterocycles. The normalized spacial score (nSPS) is 14.2. The van der Waals surface area contributed by atoms with Crippen LogP contribution in [0.15, 0.2) is 53.1 Å². The lowest BCUT2D eigenvalue weighted by Gasteiger charge is -2.31. The smallest absolute Gasteiger partial charge is 0.274 e. The number of carbonyl (C=O) groups excluding carboxylic acids is 2. The molecular weight excluding hydrogens is 396 g/mol. The Kier molecular flexibility index (Phi) is 6.22. The number of nitrogens with zero attached hydrogens (tertiary/aromatic N) is 2. The Morgan fingerprint density at radius 2 is 1.77 bits per heavy atom. The van der Waals surface area contributed by atoms with Crippen LogP contribution in [0, 0.1) is 0 Å². The van der Waals surface area contributed by atoms with Gasteiger partial charge >= 0.3 is 0 Å². The first-order chi connectivity index (χ1) is 12.6. The molecule has 2 amide bonds. The number of hydrogen-bond donors (Lipinski definition) is 1. The highest BCUT2D eigenvalue weighted by molar-refractivity contribution is 9.10. The third kappa shape index (κ3) is 4.82. The number of anilines is 1. The van der Waals surface area contributed by atoms with Crippen LogP contribution in [0.25, 0.3) is 0 Å². The predicted octanol–water partition coefficient (Wildman–Crippen LogP) is 1.73. The van der Waals surface area contributed by atoms with Gasteiger partial charge in [0, 0.05) is 29.1 Å². The molecule has 136 valence electrons. The van der Waals surface area contributed by atoms with E-state index in [0.717, 1.165) is 23.4 Å². The number of halogens is 1. The van der Waals surface area contributed by atoms with E-state index < -0.39 is 0 Å². The zero-order chi connectivity index (χ0) is 18.4. The SMILES string of the molecule is O=C(NCCC(=O)N1CCN(c2cccc[nH+]2)CC1)c1ccc(Br)cc1. The van der Waals surface area contributed by atoms with Crippen LogP contribution < -0.4 is 15.2 Å². The summed E-state index contributed by atoms with van der Waals surface area (Å²) >= 11 is 3.34. The van der Waals surface area contributed by atoms with E-state index in [0.29, 0.717) is 31.6 Å². The van der Waals surface area contributed by atoms with Crippen molar-refractivity contribution in [3.05, 3.63) is 58.7 Å². The van der Waals surface area contributed by atoms with Crippen molar-refractivity contribution in [2.75, 3.05) is 37.6 Å². The van der Waals surface area contributed by atoms with Crippen molar-refractivity contribution in [1.29, 1.82) is 0 Å². The number of aromatic amines is 1. The average molecular weight is 418 g/mol. The van der Waals surface area contributed by atoms with Crippen molar-refractivity contribution in [3.63, 3.8) is 0 Å². The van der Waals surface area contributed by atoms with E-state index in [4.69, 9.17) is 0 Å². The summed E-state index contributed by atoms with van der Waals surface area (Å²) in [6.45, 7) is 3.35. The summed E-state index contributed by atoms with van der Waals surface area (Å²) in [5.74, 6) is 0.994. The van der Waals surface area contributed by atoms with Gasteiger partial charge in [-0.15, -0.1) is 0 Å². The number of amides is 2. The van der Waals surface area contributed by atoms with E-state index >= 15 is 0 Å². The Labute approximate surface area is 161 Å². The number of hydrogen-bond acceptors (Lipinski definition) is 3. The molecule has 0 atom stereocenters. The second-order valence-electron chi connectivity index (χ2n) is 6.13. The monoisotopic (exact) mass is 417 g/mol. The second kappa shape index (κ2) is 8.80. The van der Waals surface area contributed by atoms with Crippen LogP contribution in [0.4, 0.5) is 5.82 Å². The van der Waals surface area contributed by atoms with Crippen molar-refractivity contribution in [3.8, 4) is 0 Å². The number of H-pyrrole nitrogens is 1. The van der Waals surface area contributed by atoms with E-state index in [-0.39, 0.29) is 11.8 Å². The third-order valence-corrected chi connectivity index (χ3v) is 4.93. The first-order valence-electron chi connectivity index (χ1n) is 8.67. The number of nitrogens with one attached hydrogen (secondary N) is 2. The van der Waals surface area contributed by atoms with E-state index in [2.05, 4.69) is 31.1 Å². The molecule has 6 nitrogen and oxygen atoms in total. The van der Waals surface area contributed by atoms with Gasteiger partial charge < -0.3 is 10.2 Å². The molecule has 26 heavy (non-hydrogen) atoms. The number of benzene rings is 1. The topological polar surface area (TPSA) is 66.8 Å². The van der Waals surface area contributed by atoms with Gasteiger partial charge in [-0.05, 0) is 30.3 Å². The number of carbonyl (C=O) groups is 2. The van der Waals surface area contributed by atoms with Crippen molar-refractivity contribution in [2.24, 2.45) is 0 Å². The van der Waals surface area contributed by atoms with Crippen LogP contribution in [0.2, 0.25) is 0 Å². The highest BCUT2D eigenvalue weighted by Crippen LogP contribution is 2.11. The molecule has 1 aliphatic rings. The van der Waals surface area contributed by atoms with Gasteiger partial charge in [0.05, 0.1) is 19.3 Å². The number of rotatable bonds is 5. The van der Waals surface area contributed by atoms with Crippen LogP contribution in [0.1, 0.15) is 16.8 Å². The third-order valence-electron chi connectivity index (χ3n) is 4.40. The zero-order valence-electron chi connectivity index (χ0n) is 14.5. The molecule has 2 heterocycles. The lowest BCUT2D eigenvalue weighted by atomic mass is 10.2. The fourth-order valence-electron chi connectivity index (χ4n) is 2.92. The molecule has 0 bridgehead atoms. The second-order valence-corrected chi connectivity index (χ2v) is 7.04. The molecule has 0 unspecified atom stereocenters. The molecule has 0 spiro atoms. The fourth-order valence-corrected chi connectivity index (χ4v) is 3.19. The standard InChI is InChI=1S/C19H21BrN4O2/c20-16-6-4-15(5-7-16)19(26)22-10-8-18(25)24-13-11-23(12-14-24)17-3-1-2-9-21-17/h1-7,9H,8,10-14H2,(H,22,26)/p+1. The number of pyridine rings is 1. The molecule has 1 aromatic carbocycles. The minimum absolute atomic E-state index is 0.0813. The van der Waals surface area contributed by atoms with E-state index in [1.54, 1.807) is 12.1 Å². The maximum absolute atomic E-state index is 12.3. The van der Waals surface area contributed by atoms with Crippen LogP contribution in [0.5, 0.6) is 0 Å². The molecule has 2 N–H and O–H groups in total. The lowest BCUT2D eigenvalue weighted by Crippen LogP contribution is -2.50. The van der Waals surface area contributed by atoms with Gasteiger partial charge in [0.1, 0.15) is 13.1 Å². The van der Waals surface area contributed by atoms with Crippen molar-refractivity contribution >= 4 is 33.6 Å². The summed E-state index contributed by atoms with van der Waals surface area (Å²) in [6.07, 6.45) is 2.22. The lowest BCUT2D eigenvalue weighted by molar-refractivity contribution is -0.364. The van der Waals surface area contributed by atoms with Gasteiger partial charge in [0.25, 0.3) is 11.7 Å². The van der Waals surface area contributed by atoms with E-state index in [9.17, 15) is 9.59 Å². The maximum Gasteiger partial charge on any atom is 0.274 e. The molecule has 1 aromatic heterocycles. The highest BCUT2D eigenvalue weighted by atomic mass is 79.9. The summed E-state index contributed by atoms with van der Waals surface area (Å²) in [7, 11) is 0. The predicted molar refractivity (Wildman–Crippen MR) is 103 cm³/mol. The molecule has 0 radical (unpaired) electrons. The highest BCUT2D eigenvalue weighted by Gasteiger charge is 2.25. The van der Waals surface area contributed by atoms with Crippen LogP contribution in [-0.2, 0) is 4.79 Å². The van der Waals surface area contributed by atoms with Crippen molar-refractivity contribution < 1.29 is 14.6 Å². The summed E-state index contributed by atoms with van der Waals surface area (Å²) in [5, 5.41) is 2.81. The first-order valence-corrected chi connectivity index (χ1v) is 9.46. The van der Waals surface area contributed by atoms with Crippen LogP contribution >= 0.6 is 15.9 Å². The largest absolute Gasteiger partial charge is 0.352 e. The van der Waals surface area contributed by atoms with E-state index in [1.165, 1.54) is 0 Å². The summed E-state index contributed by atoms with van der Waals surface area (Å²) in [4.78, 5) is 31.7. The van der Waals surface area contributed by atoms with Gasteiger partial charge in [0.2, 0.25) is 5.91 Å². The molecule has 3 rings (SSSR count). The van der Waals surface area contributed by atoms with Crippen LogP contribution in [0.3, 0.4) is 0 Å². The minimum atomic E-state index is -0.158. The Balaban J connectivity index is 1.40. The van der Waals surface area contributed by atoms with Gasteiger partial charge in [-0.25, -0.2) is 4.98 Å². The molecular formula is C19H22BrN4O2+.